The van der Waals surface area contributed by atoms with Crippen LogP contribution in [0.1, 0.15) is 29.0 Å². The zero-order valence-electron chi connectivity index (χ0n) is 12.5. The third-order valence-corrected chi connectivity index (χ3v) is 3.70. The molecule has 3 rings (SSSR count). The van der Waals surface area contributed by atoms with Gasteiger partial charge in [0.25, 0.3) is 5.91 Å². The number of carbonyl (C=O) groups excluding carboxylic acids is 1. The van der Waals surface area contributed by atoms with E-state index in [9.17, 15) is 4.79 Å². The van der Waals surface area contributed by atoms with Gasteiger partial charge in [0, 0.05) is 44.0 Å². The van der Waals surface area contributed by atoms with Gasteiger partial charge in [0.15, 0.2) is 0 Å². The lowest BCUT2D eigenvalue weighted by Gasteiger charge is -2.31. The summed E-state index contributed by atoms with van der Waals surface area (Å²) in [6.07, 6.45) is 8.07. The molecule has 1 aliphatic rings. The molecule has 0 radical (unpaired) electrons. The van der Waals surface area contributed by atoms with Gasteiger partial charge in [-0.1, -0.05) is 0 Å². The molecule has 0 unspecified atom stereocenters. The molecule has 1 fully saturated rings. The normalized spacial score (nSPS) is 15.6. The van der Waals surface area contributed by atoms with Crippen molar-refractivity contribution < 1.29 is 9.53 Å². The molecule has 0 aliphatic carbocycles. The number of piperidine rings is 1. The van der Waals surface area contributed by atoms with E-state index in [1.807, 2.05) is 19.1 Å². The molecule has 6 heteroatoms. The summed E-state index contributed by atoms with van der Waals surface area (Å²) in [5, 5.41) is 0. The van der Waals surface area contributed by atoms with E-state index in [0.29, 0.717) is 18.8 Å². The van der Waals surface area contributed by atoms with Crippen LogP contribution in [0.2, 0.25) is 0 Å². The Kier molecular flexibility index (Phi) is 4.27. The van der Waals surface area contributed by atoms with Crippen molar-refractivity contribution in [2.75, 3.05) is 13.1 Å². The molecule has 1 saturated heterocycles. The van der Waals surface area contributed by atoms with Gasteiger partial charge in [0.05, 0.1) is 12.4 Å². The maximum absolute atomic E-state index is 12.3. The Labute approximate surface area is 129 Å². The second-order valence-corrected chi connectivity index (χ2v) is 5.34. The van der Waals surface area contributed by atoms with E-state index in [1.54, 1.807) is 17.3 Å². The average Bonchev–Trinajstić information content (AvgIpc) is 2.58. The predicted octanol–water partition coefficient (Wildman–Crippen LogP) is 1.86. The van der Waals surface area contributed by atoms with Gasteiger partial charge in [0.1, 0.15) is 17.5 Å². The number of aromatic nitrogens is 3. The van der Waals surface area contributed by atoms with Crippen LogP contribution >= 0.6 is 0 Å². The highest BCUT2D eigenvalue weighted by atomic mass is 16.5. The van der Waals surface area contributed by atoms with E-state index in [1.165, 1.54) is 12.4 Å². The van der Waals surface area contributed by atoms with Crippen molar-refractivity contribution in [2.45, 2.75) is 25.9 Å². The minimum absolute atomic E-state index is 0.0662. The molecule has 0 N–H and O–H groups in total. The lowest BCUT2D eigenvalue weighted by Crippen LogP contribution is -2.42. The highest BCUT2D eigenvalue weighted by molar-refractivity contribution is 5.92. The van der Waals surface area contributed by atoms with Crippen LogP contribution in [0.4, 0.5) is 0 Å². The summed E-state index contributed by atoms with van der Waals surface area (Å²) in [5.41, 5.74) is 1.36. The van der Waals surface area contributed by atoms with Gasteiger partial charge in [-0.05, 0) is 19.1 Å². The maximum atomic E-state index is 12.3. The molecule has 3 heterocycles. The van der Waals surface area contributed by atoms with Gasteiger partial charge in [-0.3, -0.25) is 14.8 Å². The smallest absolute Gasteiger partial charge is 0.274 e. The number of likely N-dealkylation sites (tertiary alicyclic amines) is 1. The molecule has 0 bridgehead atoms. The molecule has 1 amide bonds. The van der Waals surface area contributed by atoms with Gasteiger partial charge in [-0.15, -0.1) is 0 Å². The number of ether oxygens (including phenoxy) is 1. The summed E-state index contributed by atoms with van der Waals surface area (Å²) in [6, 6.07) is 3.86. The van der Waals surface area contributed by atoms with Crippen molar-refractivity contribution in [3.05, 3.63) is 48.3 Å². The fourth-order valence-corrected chi connectivity index (χ4v) is 2.46. The topological polar surface area (TPSA) is 68.2 Å². The van der Waals surface area contributed by atoms with Crippen molar-refractivity contribution in [1.29, 1.82) is 0 Å². The summed E-state index contributed by atoms with van der Waals surface area (Å²) in [7, 11) is 0. The van der Waals surface area contributed by atoms with Crippen molar-refractivity contribution in [3.63, 3.8) is 0 Å². The number of carbonyl (C=O) groups is 1. The van der Waals surface area contributed by atoms with E-state index in [4.69, 9.17) is 4.74 Å². The maximum Gasteiger partial charge on any atom is 0.274 e. The Morgan fingerprint density at radius 3 is 2.64 bits per heavy atom. The zero-order chi connectivity index (χ0) is 15.4. The quantitative estimate of drug-likeness (QED) is 0.865. The van der Waals surface area contributed by atoms with Crippen LogP contribution in [0.25, 0.3) is 0 Å². The largest absolute Gasteiger partial charge is 0.489 e. The Hall–Kier alpha value is -2.50. The first-order chi connectivity index (χ1) is 10.7. The second kappa shape index (κ2) is 6.51. The zero-order valence-corrected chi connectivity index (χ0v) is 12.5. The van der Waals surface area contributed by atoms with E-state index in [0.717, 1.165) is 24.3 Å². The summed E-state index contributed by atoms with van der Waals surface area (Å²) in [4.78, 5) is 26.3. The Morgan fingerprint density at radius 1 is 1.18 bits per heavy atom. The lowest BCUT2D eigenvalue weighted by atomic mass is 10.1. The van der Waals surface area contributed by atoms with Gasteiger partial charge in [-0.2, -0.15) is 0 Å². The number of hydrogen-bond donors (Lipinski definition) is 0. The van der Waals surface area contributed by atoms with Crippen molar-refractivity contribution >= 4 is 5.91 Å². The van der Waals surface area contributed by atoms with Crippen molar-refractivity contribution in [1.82, 2.24) is 19.9 Å². The van der Waals surface area contributed by atoms with E-state index in [-0.39, 0.29) is 12.0 Å². The fourth-order valence-electron chi connectivity index (χ4n) is 2.46. The summed E-state index contributed by atoms with van der Waals surface area (Å²) in [6.45, 7) is 3.28. The van der Waals surface area contributed by atoms with E-state index < -0.39 is 0 Å². The van der Waals surface area contributed by atoms with Gasteiger partial charge in [-0.25, -0.2) is 4.98 Å². The summed E-state index contributed by atoms with van der Waals surface area (Å²) < 4.78 is 5.92. The Balaban J connectivity index is 1.54. The van der Waals surface area contributed by atoms with E-state index >= 15 is 0 Å². The number of aryl methyl sites for hydroxylation is 1. The average molecular weight is 298 g/mol. The first kappa shape index (κ1) is 14.4. The van der Waals surface area contributed by atoms with Crippen LogP contribution in [-0.4, -0.2) is 45.0 Å². The van der Waals surface area contributed by atoms with Crippen molar-refractivity contribution in [3.8, 4) is 5.75 Å². The van der Waals surface area contributed by atoms with Gasteiger partial charge >= 0.3 is 0 Å². The molecule has 0 spiro atoms. The molecule has 2 aromatic heterocycles. The van der Waals surface area contributed by atoms with Gasteiger partial charge in [0.2, 0.25) is 0 Å². The van der Waals surface area contributed by atoms with Crippen LogP contribution in [0, 0.1) is 6.92 Å². The number of hydrogen-bond acceptors (Lipinski definition) is 5. The Bertz CT molecular complexity index is 622. The molecule has 22 heavy (non-hydrogen) atoms. The predicted molar refractivity (Wildman–Crippen MR) is 80.6 cm³/mol. The van der Waals surface area contributed by atoms with Crippen molar-refractivity contribution in [2.24, 2.45) is 0 Å². The minimum atomic E-state index is -0.0662. The monoisotopic (exact) mass is 298 g/mol. The first-order valence-corrected chi connectivity index (χ1v) is 7.37. The molecule has 114 valence electrons. The number of amides is 1. The van der Waals surface area contributed by atoms with Crippen LogP contribution < -0.4 is 4.74 Å². The molecule has 6 nitrogen and oxygen atoms in total. The summed E-state index contributed by atoms with van der Waals surface area (Å²) in [5.74, 6) is 0.716. The standard InChI is InChI=1S/C16H18N4O2/c1-12-2-3-14(10-19-12)22-13-4-8-20(9-5-13)16(21)15-11-17-6-7-18-15/h2-3,6-7,10-11,13H,4-5,8-9H2,1H3. The first-order valence-electron chi connectivity index (χ1n) is 7.37. The third kappa shape index (κ3) is 3.39. The number of nitrogens with zero attached hydrogens (tertiary/aromatic N) is 4. The van der Waals surface area contributed by atoms with Crippen LogP contribution in [0.5, 0.6) is 5.75 Å². The van der Waals surface area contributed by atoms with Crippen LogP contribution in [0.3, 0.4) is 0 Å². The Morgan fingerprint density at radius 2 is 2.00 bits per heavy atom. The van der Waals surface area contributed by atoms with Crippen LogP contribution in [0.15, 0.2) is 36.9 Å². The molecule has 1 aliphatic heterocycles. The second-order valence-electron chi connectivity index (χ2n) is 5.34. The SMILES string of the molecule is Cc1ccc(OC2CCN(C(=O)c3cnccn3)CC2)cn1. The molecule has 0 aromatic carbocycles. The highest BCUT2D eigenvalue weighted by Crippen LogP contribution is 2.19. The lowest BCUT2D eigenvalue weighted by molar-refractivity contribution is 0.0589. The highest BCUT2D eigenvalue weighted by Gasteiger charge is 2.25. The summed E-state index contributed by atoms with van der Waals surface area (Å²) >= 11 is 0. The molecular weight excluding hydrogens is 280 g/mol. The van der Waals surface area contributed by atoms with Crippen LogP contribution in [-0.2, 0) is 0 Å². The number of pyridine rings is 1. The van der Waals surface area contributed by atoms with E-state index in [2.05, 4.69) is 15.0 Å². The number of rotatable bonds is 3. The fraction of sp³-hybridized carbons (Fsp3) is 0.375. The third-order valence-electron chi connectivity index (χ3n) is 3.70. The molecule has 0 saturated carbocycles. The molecular formula is C16H18N4O2. The minimum Gasteiger partial charge on any atom is -0.489 e. The molecule has 2 aromatic rings. The molecule has 0 atom stereocenters. The van der Waals surface area contributed by atoms with Gasteiger partial charge < -0.3 is 9.64 Å².